The number of fused-ring (bicyclic) bond motifs is 2. The van der Waals surface area contributed by atoms with Crippen molar-refractivity contribution in [1.29, 1.82) is 0 Å². The number of hydrogen-bond donors (Lipinski definition) is 2. The van der Waals surface area contributed by atoms with Crippen LogP contribution in [0.5, 0.6) is 0 Å². The van der Waals surface area contributed by atoms with E-state index in [2.05, 4.69) is 27.5 Å². The highest BCUT2D eigenvalue weighted by molar-refractivity contribution is 7.98. The molecule has 5 heteroatoms. The largest absolute Gasteiger partial charge is 0.373 e. The third-order valence-corrected chi connectivity index (χ3v) is 5.50. The molecule has 2 aliphatic rings. The Bertz CT molecular complexity index is 457. The lowest BCUT2D eigenvalue weighted by Crippen LogP contribution is -2.30. The van der Waals surface area contributed by atoms with Crippen molar-refractivity contribution in [3.05, 3.63) is 6.07 Å². The van der Waals surface area contributed by atoms with E-state index in [1.807, 2.05) is 19.4 Å². The number of rotatable bonds is 5. The summed E-state index contributed by atoms with van der Waals surface area (Å²) < 4.78 is 0. The van der Waals surface area contributed by atoms with Crippen LogP contribution in [0, 0.1) is 17.8 Å². The summed E-state index contributed by atoms with van der Waals surface area (Å²) in [7, 11) is 1.90. The molecule has 110 valence electrons. The van der Waals surface area contributed by atoms with Crippen LogP contribution in [0.25, 0.3) is 0 Å². The second-order valence-corrected chi connectivity index (χ2v) is 6.92. The molecular formula is C15H24N4S. The Kier molecular flexibility index (Phi) is 4.06. The lowest BCUT2D eigenvalue weighted by atomic mass is 9.84. The number of anilines is 2. The Morgan fingerprint density at radius 3 is 2.65 bits per heavy atom. The fraction of sp³-hybridized carbons (Fsp3) is 0.733. The molecule has 2 N–H and O–H groups in total. The van der Waals surface area contributed by atoms with Crippen LogP contribution in [0.15, 0.2) is 11.2 Å². The quantitative estimate of drug-likeness (QED) is 0.643. The van der Waals surface area contributed by atoms with Crippen LogP contribution in [0.3, 0.4) is 0 Å². The van der Waals surface area contributed by atoms with E-state index < -0.39 is 0 Å². The van der Waals surface area contributed by atoms with Gasteiger partial charge in [-0.2, -0.15) is 0 Å². The summed E-state index contributed by atoms with van der Waals surface area (Å²) in [6.45, 7) is 2.31. The molecule has 3 rings (SSSR count). The number of hydrogen-bond acceptors (Lipinski definition) is 5. The number of thioether (sulfide) groups is 1. The first-order chi connectivity index (χ1) is 9.69. The van der Waals surface area contributed by atoms with Gasteiger partial charge >= 0.3 is 0 Å². The molecule has 0 radical (unpaired) electrons. The fourth-order valence-electron chi connectivity index (χ4n) is 3.97. The fourth-order valence-corrected chi connectivity index (χ4v) is 4.34. The van der Waals surface area contributed by atoms with Gasteiger partial charge in [-0.25, -0.2) is 9.97 Å². The second-order valence-electron chi connectivity index (χ2n) is 6.15. The molecule has 2 saturated carbocycles. The molecule has 1 heterocycles. The van der Waals surface area contributed by atoms with Gasteiger partial charge in [0.15, 0.2) is 5.16 Å². The Balaban J connectivity index is 1.70. The Morgan fingerprint density at radius 1 is 1.25 bits per heavy atom. The van der Waals surface area contributed by atoms with E-state index in [4.69, 9.17) is 0 Å². The molecule has 4 atom stereocenters. The van der Waals surface area contributed by atoms with Gasteiger partial charge in [-0.3, -0.25) is 0 Å². The molecule has 1 aromatic heterocycles. The van der Waals surface area contributed by atoms with Gasteiger partial charge in [0.05, 0.1) is 0 Å². The lowest BCUT2D eigenvalue weighted by Gasteiger charge is -2.29. The highest BCUT2D eigenvalue weighted by atomic mass is 32.2. The minimum Gasteiger partial charge on any atom is -0.373 e. The zero-order chi connectivity index (χ0) is 14.1. The van der Waals surface area contributed by atoms with Crippen LogP contribution in [-0.2, 0) is 0 Å². The first-order valence-electron chi connectivity index (χ1n) is 7.57. The molecule has 0 spiro atoms. The van der Waals surface area contributed by atoms with Crippen molar-refractivity contribution in [3.8, 4) is 0 Å². The molecule has 0 saturated heterocycles. The third-order valence-electron chi connectivity index (χ3n) is 4.95. The minimum atomic E-state index is 0.500. The molecule has 0 aromatic carbocycles. The van der Waals surface area contributed by atoms with Crippen molar-refractivity contribution in [3.63, 3.8) is 0 Å². The van der Waals surface area contributed by atoms with E-state index >= 15 is 0 Å². The molecular weight excluding hydrogens is 268 g/mol. The van der Waals surface area contributed by atoms with E-state index in [-0.39, 0.29) is 0 Å². The maximum Gasteiger partial charge on any atom is 0.191 e. The van der Waals surface area contributed by atoms with Crippen molar-refractivity contribution in [2.45, 2.75) is 43.8 Å². The topological polar surface area (TPSA) is 49.8 Å². The normalized spacial score (nSPS) is 29.4. The minimum absolute atomic E-state index is 0.500. The molecule has 2 bridgehead atoms. The molecule has 2 fully saturated rings. The summed E-state index contributed by atoms with van der Waals surface area (Å²) >= 11 is 1.58. The average Bonchev–Trinajstić information content (AvgIpc) is 3.09. The lowest BCUT2D eigenvalue weighted by molar-refractivity contribution is 0.304. The van der Waals surface area contributed by atoms with Crippen molar-refractivity contribution in [1.82, 2.24) is 9.97 Å². The molecule has 1 aromatic rings. The first kappa shape index (κ1) is 14.0. The van der Waals surface area contributed by atoms with Crippen LogP contribution in [0.1, 0.15) is 32.6 Å². The van der Waals surface area contributed by atoms with Crippen LogP contribution in [0.2, 0.25) is 0 Å². The molecule has 4 nitrogen and oxygen atoms in total. The summed E-state index contributed by atoms with van der Waals surface area (Å²) in [6.07, 6.45) is 7.76. The van der Waals surface area contributed by atoms with Gasteiger partial charge in [0.2, 0.25) is 0 Å². The number of nitrogens with one attached hydrogen (secondary N) is 2. The van der Waals surface area contributed by atoms with E-state index in [9.17, 15) is 0 Å². The monoisotopic (exact) mass is 292 g/mol. The van der Waals surface area contributed by atoms with Gasteiger partial charge in [0.25, 0.3) is 0 Å². The second kappa shape index (κ2) is 5.80. The van der Waals surface area contributed by atoms with Gasteiger partial charge in [-0.15, -0.1) is 0 Å². The summed E-state index contributed by atoms with van der Waals surface area (Å²) in [5, 5.41) is 7.54. The van der Waals surface area contributed by atoms with E-state index in [1.165, 1.54) is 25.7 Å². The zero-order valence-corrected chi connectivity index (χ0v) is 13.3. The predicted octanol–water partition coefficient (Wildman–Crippen LogP) is 3.48. The smallest absolute Gasteiger partial charge is 0.191 e. The molecule has 4 unspecified atom stereocenters. The third kappa shape index (κ3) is 2.73. The first-order valence-corrected chi connectivity index (χ1v) is 8.79. The van der Waals surface area contributed by atoms with Gasteiger partial charge < -0.3 is 10.6 Å². The molecule has 2 aliphatic carbocycles. The SMILES string of the molecule is CNc1cc(NC(C)C2CC3CCC2C3)nc(SC)n1. The molecule has 0 aliphatic heterocycles. The summed E-state index contributed by atoms with van der Waals surface area (Å²) in [5.74, 6) is 4.58. The summed E-state index contributed by atoms with van der Waals surface area (Å²) in [4.78, 5) is 8.99. The van der Waals surface area contributed by atoms with Crippen LogP contribution in [0.4, 0.5) is 11.6 Å². The van der Waals surface area contributed by atoms with Crippen molar-refractivity contribution in [2.24, 2.45) is 17.8 Å². The van der Waals surface area contributed by atoms with Crippen molar-refractivity contribution in [2.75, 3.05) is 23.9 Å². The molecule has 20 heavy (non-hydrogen) atoms. The maximum absolute atomic E-state index is 4.57. The maximum atomic E-state index is 4.57. The summed E-state index contributed by atoms with van der Waals surface area (Å²) in [6, 6.07) is 2.50. The highest BCUT2D eigenvalue weighted by Crippen LogP contribution is 2.49. The van der Waals surface area contributed by atoms with Gasteiger partial charge in [0.1, 0.15) is 11.6 Å². The highest BCUT2D eigenvalue weighted by Gasteiger charge is 2.41. The number of nitrogens with zero attached hydrogens (tertiary/aromatic N) is 2. The van der Waals surface area contributed by atoms with Crippen LogP contribution in [-0.4, -0.2) is 29.3 Å². The standard InChI is InChI=1S/C15H24N4S/c1-9(12-7-10-4-5-11(12)6-10)17-14-8-13(16-2)18-15(19-14)20-3/h8-12H,4-7H2,1-3H3,(H2,16,17,18,19). The summed E-state index contributed by atoms with van der Waals surface area (Å²) in [5.41, 5.74) is 0. The zero-order valence-electron chi connectivity index (χ0n) is 12.5. The van der Waals surface area contributed by atoms with Gasteiger partial charge in [-0.1, -0.05) is 18.2 Å². The van der Waals surface area contributed by atoms with Gasteiger partial charge in [-0.05, 0) is 50.2 Å². The Morgan fingerprint density at radius 2 is 2.05 bits per heavy atom. The van der Waals surface area contributed by atoms with Crippen molar-refractivity contribution >= 4 is 23.4 Å². The Hall–Kier alpha value is -0.970. The van der Waals surface area contributed by atoms with Crippen molar-refractivity contribution < 1.29 is 0 Å². The van der Waals surface area contributed by atoms with E-state index in [0.717, 1.165) is 34.5 Å². The van der Waals surface area contributed by atoms with Crippen LogP contribution < -0.4 is 10.6 Å². The average molecular weight is 292 g/mol. The van der Waals surface area contributed by atoms with Gasteiger partial charge in [0, 0.05) is 19.2 Å². The predicted molar refractivity (Wildman–Crippen MR) is 85.4 cm³/mol. The number of aromatic nitrogens is 2. The van der Waals surface area contributed by atoms with Crippen LogP contribution >= 0.6 is 11.8 Å². The molecule has 0 amide bonds. The van der Waals surface area contributed by atoms with E-state index in [1.54, 1.807) is 11.8 Å². The van der Waals surface area contributed by atoms with E-state index in [0.29, 0.717) is 6.04 Å². The Labute approximate surface area is 125 Å².